The highest BCUT2D eigenvalue weighted by molar-refractivity contribution is 7.94. The van der Waals surface area contributed by atoms with Crippen LogP contribution in [-0.4, -0.2) is 21.3 Å². The van der Waals surface area contributed by atoms with Crippen LogP contribution >= 0.6 is 0 Å². The molecule has 0 bridgehead atoms. The monoisotopic (exact) mass is 383 g/mol. The van der Waals surface area contributed by atoms with Gasteiger partial charge in [-0.15, -0.1) is 0 Å². The SMILES string of the molecule is COc1cccc(CC(=O)C(C)(C)c2cccc(S(=O)(=O)/C=C/C#N)c2)c1. The summed E-state index contributed by atoms with van der Waals surface area (Å²) < 4.78 is 29.7. The van der Waals surface area contributed by atoms with Crippen molar-refractivity contribution in [3.05, 3.63) is 71.1 Å². The van der Waals surface area contributed by atoms with Crippen molar-refractivity contribution in [3.8, 4) is 11.8 Å². The number of rotatable bonds is 7. The molecular formula is C21H21NO4S. The zero-order valence-corrected chi connectivity index (χ0v) is 16.3. The molecule has 0 spiro atoms. The lowest BCUT2D eigenvalue weighted by molar-refractivity contribution is -0.122. The van der Waals surface area contributed by atoms with E-state index in [1.807, 2.05) is 24.3 Å². The molecule has 0 N–H and O–H groups in total. The van der Waals surface area contributed by atoms with Gasteiger partial charge in [-0.1, -0.05) is 24.3 Å². The predicted octanol–water partition coefficient (Wildman–Crippen LogP) is 3.60. The van der Waals surface area contributed by atoms with Crippen LogP contribution in [0.25, 0.3) is 0 Å². The summed E-state index contributed by atoms with van der Waals surface area (Å²) in [4.78, 5) is 13.0. The maximum absolute atomic E-state index is 12.9. The summed E-state index contributed by atoms with van der Waals surface area (Å²) in [5, 5.41) is 9.41. The van der Waals surface area contributed by atoms with Gasteiger partial charge < -0.3 is 4.74 Å². The number of ether oxygens (including phenoxy) is 1. The molecule has 0 atom stereocenters. The van der Waals surface area contributed by atoms with E-state index in [4.69, 9.17) is 10.00 Å². The third-order valence-electron chi connectivity index (χ3n) is 4.40. The van der Waals surface area contributed by atoms with E-state index in [1.54, 1.807) is 39.2 Å². The minimum atomic E-state index is -3.73. The normalized spacial score (nSPS) is 11.9. The highest BCUT2D eigenvalue weighted by Gasteiger charge is 2.30. The maximum atomic E-state index is 12.9. The molecule has 0 aromatic heterocycles. The Morgan fingerprint density at radius 3 is 2.56 bits per heavy atom. The van der Waals surface area contributed by atoms with Crippen molar-refractivity contribution in [2.75, 3.05) is 7.11 Å². The van der Waals surface area contributed by atoms with Crippen molar-refractivity contribution < 1.29 is 17.9 Å². The van der Waals surface area contributed by atoms with E-state index in [9.17, 15) is 13.2 Å². The van der Waals surface area contributed by atoms with E-state index in [1.165, 1.54) is 12.1 Å². The van der Waals surface area contributed by atoms with Gasteiger partial charge >= 0.3 is 0 Å². The molecule has 0 fully saturated rings. The van der Waals surface area contributed by atoms with Crippen LogP contribution in [0.15, 0.2) is 64.9 Å². The first-order chi connectivity index (χ1) is 12.7. The molecule has 0 heterocycles. The number of nitriles is 1. The van der Waals surface area contributed by atoms with Crippen LogP contribution in [0, 0.1) is 11.3 Å². The molecule has 0 radical (unpaired) electrons. The van der Waals surface area contributed by atoms with E-state index in [0.29, 0.717) is 11.3 Å². The molecule has 0 saturated carbocycles. The van der Waals surface area contributed by atoms with Crippen molar-refractivity contribution >= 4 is 15.6 Å². The first-order valence-corrected chi connectivity index (χ1v) is 9.83. The summed E-state index contributed by atoms with van der Waals surface area (Å²) in [5.41, 5.74) is 0.545. The van der Waals surface area contributed by atoms with Crippen LogP contribution in [0.5, 0.6) is 5.75 Å². The van der Waals surface area contributed by atoms with Crippen LogP contribution < -0.4 is 4.74 Å². The number of hydrogen-bond acceptors (Lipinski definition) is 5. The van der Waals surface area contributed by atoms with Crippen LogP contribution in [0.1, 0.15) is 25.0 Å². The highest BCUT2D eigenvalue weighted by atomic mass is 32.2. The molecule has 0 aliphatic heterocycles. The second-order valence-electron chi connectivity index (χ2n) is 6.58. The van der Waals surface area contributed by atoms with Crippen molar-refractivity contribution in [1.82, 2.24) is 0 Å². The zero-order chi connectivity index (χ0) is 20.1. The predicted molar refractivity (Wildman–Crippen MR) is 103 cm³/mol. The van der Waals surface area contributed by atoms with Gasteiger partial charge in [-0.3, -0.25) is 4.79 Å². The topological polar surface area (TPSA) is 84.2 Å². The maximum Gasteiger partial charge on any atom is 0.200 e. The van der Waals surface area contributed by atoms with Gasteiger partial charge in [0.15, 0.2) is 0 Å². The Kier molecular flexibility index (Phi) is 6.19. The summed E-state index contributed by atoms with van der Waals surface area (Å²) in [6, 6.07) is 15.2. The fourth-order valence-electron chi connectivity index (χ4n) is 2.61. The molecule has 0 unspecified atom stereocenters. The van der Waals surface area contributed by atoms with E-state index in [2.05, 4.69) is 0 Å². The largest absolute Gasteiger partial charge is 0.497 e. The number of carbonyl (C=O) groups is 1. The number of carbonyl (C=O) groups excluding carboxylic acids is 1. The van der Waals surface area contributed by atoms with Crippen LogP contribution in [0.4, 0.5) is 0 Å². The standard InChI is InChI=1S/C21H21NO4S/c1-21(2,20(23)14-16-7-4-9-18(13-16)26-3)17-8-5-10-19(15-17)27(24,25)12-6-11-22/h4-10,12-13,15H,14H2,1-3H3/b12-6+. The van der Waals surface area contributed by atoms with Crippen LogP contribution in [-0.2, 0) is 26.5 Å². The number of Topliss-reactive ketones (excluding diaryl/α,β-unsaturated/α-hetero) is 1. The molecule has 0 aliphatic carbocycles. The number of methoxy groups -OCH3 is 1. The Labute approximate surface area is 159 Å². The lowest BCUT2D eigenvalue weighted by atomic mass is 9.78. The van der Waals surface area contributed by atoms with Crippen molar-refractivity contribution in [2.45, 2.75) is 30.6 Å². The molecule has 2 rings (SSSR count). The Hall–Kier alpha value is -2.91. The number of allylic oxidation sites excluding steroid dienone is 1. The molecule has 2 aromatic carbocycles. The van der Waals surface area contributed by atoms with Gasteiger partial charge in [0.25, 0.3) is 0 Å². The second-order valence-corrected chi connectivity index (χ2v) is 8.41. The van der Waals surface area contributed by atoms with Gasteiger partial charge in [-0.25, -0.2) is 8.42 Å². The average Bonchev–Trinajstić information content (AvgIpc) is 2.66. The van der Waals surface area contributed by atoms with Crippen molar-refractivity contribution in [2.24, 2.45) is 0 Å². The Balaban J connectivity index is 2.33. The Bertz CT molecular complexity index is 1010. The first kappa shape index (κ1) is 20.4. The highest BCUT2D eigenvalue weighted by Crippen LogP contribution is 2.28. The molecule has 0 amide bonds. The molecule has 140 valence electrons. The Morgan fingerprint density at radius 2 is 1.89 bits per heavy atom. The summed E-state index contributed by atoms with van der Waals surface area (Å²) in [7, 11) is -2.16. The van der Waals surface area contributed by atoms with Crippen LogP contribution in [0.3, 0.4) is 0 Å². The number of nitrogens with zero attached hydrogens (tertiary/aromatic N) is 1. The van der Waals surface area contributed by atoms with E-state index in [-0.39, 0.29) is 17.1 Å². The van der Waals surface area contributed by atoms with E-state index < -0.39 is 15.3 Å². The summed E-state index contributed by atoms with van der Waals surface area (Å²) >= 11 is 0. The Morgan fingerprint density at radius 1 is 1.19 bits per heavy atom. The minimum Gasteiger partial charge on any atom is -0.497 e. The second kappa shape index (κ2) is 8.19. The fourth-order valence-corrected chi connectivity index (χ4v) is 3.57. The number of ketones is 1. The van der Waals surface area contributed by atoms with Gasteiger partial charge in [0, 0.05) is 23.3 Å². The number of hydrogen-bond donors (Lipinski definition) is 0. The lowest BCUT2D eigenvalue weighted by Gasteiger charge is -2.24. The summed E-state index contributed by atoms with van der Waals surface area (Å²) in [5.74, 6) is 0.633. The molecule has 6 heteroatoms. The third-order valence-corrected chi connectivity index (χ3v) is 5.81. The zero-order valence-electron chi connectivity index (χ0n) is 15.5. The third kappa shape index (κ3) is 4.83. The van der Waals surface area contributed by atoms with Gasteiger partial charge in [0.2, 0.25) is 9.84 Å². The quantitative estimate of drug-likeness (QED) is 0.682. The van der Waals surface area contributed by atoms with Gasteiger partial charge in [0.05, 0.1) is 18.1 Å². The van der Waals surface area contributed by atoms with Crippen molar-refractivity contribution in [1.29, 1.82) is 5.26 Å². The van der Waals surface area contributed by atoms with Gasteiger partial charge in [-0.05, 0) is 49.2 Å². The molecule has 2 aromatic rings. The van der Waals surface area contributed by atoms with E-state index >= 15 is 0 Å². The van der Waals surface area contributed by atoms with Gasteiger partial charge in [0.1, 0.15) is 11.5 Å². The van der Waals surface area contributed by atoms with E-state index in [0.717, 1.165) is 17.0 Å². The van der Waals surface area contributed by atoms with Crippen molar-refractivity contribution in [3.63, 3.8) is 0 Å². The minimum absolute atomic E-state index is 0.0436. The number of sulfone groups is 1. The summed E-state index contributed by atoms with van der Waals surface area (Å²) in [6.45, 7) is 3.54. The van der Waals surface area contributed by atoms with Crippen LogP contribution in [0.2, 0.25) is 0 Å². The fraction of sp³-hybridized carbons (Fsp3) is 0.238. The molecule has 5 nitrogen and oxygen atoms in total. The first-order valence-electron chi connectivity index (χ1n) is 8.29. The van der Waals surface area contributed by atoms with Gasteiger partial charge in [-0.2, -0.15) is 5.26 Å². The average molecular weight is 383 g/mol. The molecular weight excluding hydrogens is 362 g/mol. The molecule has 0 aliphatic rings. The smallest absolute Gasteiger partial charge is 0.200 e. The molecule has 0 saturated heterocycles. The molecule has 27 heavy (non-hydrogen) atoms. The number of benzene rings is 2. The summed E-state index contributed by atoms with van der Waals surface area (Å²) in [6.07, 6.45) is 1.12. The lowest BCUT2D eigenvalue weighted by Crippen LogP contribution is -2.30.